The standard InChI is InChI=1S/C7H13N5O.C6H11N5.CH4/c1-5-10-6(2)12-7(11-5)9-4-13-3-8;1-4-9-5(2)11-6(10-4)8-3-7;/h3-4,8H2,1-2H3,(H,9,10,11,12);3,7H2,1-2H3,(H,8,9,10,11);1H4. The first-order chi connectivity index (χ1) is 11.4. The normalized spacial score (nSPS) is 9.52. The van der Waals surface area contributed by atoms with Crippen LogP contribution in [0.15, 0.2) is 0 Å². The zero-order valence-corrected chi connectivity index (χ0v) is 14.4. The van der Waals surface area contributed by atoms with Crippen molar-refractivity contribution < 1.29 is 4.74 Å². The Kier molecular flexibility index (Phi) is 10.8. The van der Waals surface area contributed by atoms with E-state index in [-0.39, 0.29) is 14.2 Å². The summed E-state index contributed by atoms with van der Waals surface area (Å²) < 4.78 is 4.88. The molecule has 0 saturated heterocycles. The molecule has 0 radical (unpaired) electrons. The van der Waals surface area contributed by atoms with Crippen LogP contribution < -0.4 is 22.1 Å². The fourth-order valence-corrected chi connectivity index (χ4v) is 1.66. The molecule has 0 unspecified atom stereocenters. The molecule has 11 nitrogen and oxygen atoms in total. The number of hydrogen-bond acceptors (Lipinski definition) is 11. The van der Waals surface area contributed by atoms with Crippen LogP contribution in [0, 0.1) is 27.7 Å². The molecule has 140 valence electrons. The molecule has 0 spiro atoms. The van der Waals surface area contributed by atoms with Crippen LogP contribution in [0.5, 0.6) is 0 Å². The van der Waals surface area contributed by atoms with Crippen molar-refractivity contribution in [3.8, 4) is 0 Å². The number of nitrogens with two attached hydrogens (primary N) is 2. The highest BCUT2D eigenvalue weighted by atomic mass is 16.5. The van der Waals surface area contributed by atoms with E-state index in [2.05, 4.69) is 40.5 Å². The van der Waals surface area contributed by atoms with E-state index in [1.807, 2.05) is 27.7 Å². The van der Waals surface area contributed by atoms with Crippen molar-refractivity contribution in [2.75, 3.05) is 30.8 Å². The highest BCUT2D eigenvalue weighted by Gasteiger charge is 1.98. The van der Waals surface area contributed by atoms with Crippen molar-refractivity contribution in [1.82, 2.24) is 29.9 Å². The SMILES string of the molecule is C.Cc1nc(C)nc(NCN)n1.Cc1nc(C)nc(NCOCN)n1. The van der Waals surface area contributed by atoms with E-state index >= 15 is 0 Å². The third kappa shape index (κ3) is 9.39. The minimum Gasteiger partial charge on any atom is -0.346 e. The van der Waals surface area contributed by atoms with E-state index < -0.39 is 0 Å². The number of ether oxygens (including phenoxy) is 1. The number of rotatable bonds is 6. The van der Waals surface area contributed by atoms with Crippen LogP contribution in [0.3, 0.4) is 0 Å². The van der Waals surface area contributed by atoms with Gasteiger partial charge < -0.3 is 26.8 Å². The van der Waals surface area contributed by atoms with Gasteiger partial charge in [0.2, 0.25) is 11.9 Å². The molecule has 2 aromatic heterocycles. The summed E-state index contributed by atoms with van der Waals surface area (Å²) in [4.78, 5) is 24.2. The molecule has 0 atom stereocenters. The van der Waals surface area contributed by atoms with E-state index in [1.165, 1.54) is 0 Å². The Morgan fingerprint density at radius 2 is 1.12 bits per heavy atom. The summed E-state index contributed by atoms with van der Waals surface area (Å²) in [5, 5.41) is 5.67. The van der Waals surface area contributed by atoms with Crippen LogP contribution >= 0.6 is 0 Å². The van der Waals surface area contributed by atoms with Gasteiger partial charge in [-0.25, -0.2) is 9.97 Å². The van der Waals surface area contributed by atoms with Crippen LogP contribution in [0.4, 0.5) is 11.9 Å². The van der Waals surface area contributed by atoms with Crippen LogP contribution in [0.1, 0.15) is 30.7 Å². The summed E-state index contributed by atoms with van der Waals surface area (Å²) in [6.07, 6.45) is 0. The number of aryl methyl sites for hydroxylation is 4. The first kappa shape index (κ1) is 22.5. The minimum absolute atomic E-state index is 0. The fourth-order valence-electron chi connectivity index (χ4n) is 1.66. The highest BCUT2D eigenvalue weighted by Crippen LogP contribution is 1.99. The van der Waals surface area contributed by atoms with Gasteiger partial charge in [-0.2, -0.15) is 19.9 Å². The second kappa shape index (κ2) is 11.9. The summed E-state index contributed by atoms with van der Waals surface area (Å²) >= 11 is 0. The molecule has 6 N–H and O–H groups in total. The van der Waals surface area contributed by atoms with E-state index in [0.29, 0.717) is 48.6 Å². The maximum atomic E-state index is 5.25. The van der Waals surface area contributed by atoms with Gasteiger partial charge in [-0.1, -0.05) is 7.43 Å². The average Bonchev–Trinajstić information content (AvgIpc) is 2.46. The number of nitrogens with zero attached hydrogens (tertiary/aromatic N) is 6. The van der Waals surface area contributed by atoms with Crippen molar-refractivity contribution in [2.24, 2.45) is 11.5 Å². The summed E-state index contributed by atoms with van der Waals surface area (Å²) in [5.41, 5.74) is 10.4. The molecule has 0 aliphatic rings. The molecule has 0 saturated carbocycles. The van der Waals surface area contributed by atoms with Gasteiger partial charge in [0.25, 0.3) is 0 Å². The monoisotopic (exact) mass is 352 g/mol. The lowest BCUT2D eigenvalue weighted by Gasteiger charge is -2.04. The molecule has 11 heteroatoms. The molecule has 0 aliphatic carbocycles. The van der Waals surface area contributed by atoms with E-state index in [0.717, 1.165) is 0 Å². The Labute approximate surface area is 148 Å². The Balaban J connectivity index is 0.000000449. The summed E-state index contributed by atoms with van der Waals surface area (Å²) in [5.74, 6) is 3.82. The molecule has 2 heterocycles. The summed E-state index contributed by atoms with van der Waals surface area (Å²) in [6, 6.07) is 0. The van der Waals surface area contributed by atoms with Crippen molar-refractivity contribution in [1.29, 1.82) is 0 Å². The number of hydrogen-bond donors (Lipinski definition) is 4. The maximum Gasteiger partial charge on any atom is 0.227 e. The van der Waals surface area contributed by atoms with Gasteiger partial charge in [-0.3, -0.25) is 0 Å². The number of nitrogens with one attached hydrogen (secondary N) is 2. The van der Waals surface area contributed by atoms with Crippen molar-refractivity contribution in [2.45, 2.75) is 35.1 Å². The topological polar surface area (TPSA) is 163 Å². The largest absolute Gasteiger partial charge is 0.346 e. The lowest BCUT2D eigenvalue weighted by Crippen LogP contribution is -2.14. The third-order valence-electron chi connectivity index (χ3n) is 2.43. The van der Waals surface area contributed by atoms with Gasteiger partial charge >= 0.3 is 0 Å². The number of aromatic nitrogens is 6. The maximum absolute atomic E-state index is 5.25. The number of anilines is 2. The van der Waals surface area contributed by atoms with Gasteiger partial charge in [-0.05, 0) is 27.7 Å². The quantitative estimate of drug-likeness (QED) is 0.416. The van der Waals surface area contributed by atoms with Crippen LogP contribution in [0.25, 0.3) is 0 Å². The highest BCUT2D eigenvalue weighted by molar-refractivity contribution is 5.23. The second-order valence-corrected chi connectivity index (χ2v) is 4.58. The average molecular weight is 352 g/mol. The van der Waals surface area contributed by atoms with E-state index in [4.69, 9.17) is 16.2 Å². The Morgan fingerprint density at radius 3 is 1.48 bits per heavy atom. The molecule has 0 bridgehead atoms. The minimum atomic E-state index is 0. The zero-order valence-electron chi connectivity index (χ0n) is 14.4. The lowest BCUT2D eigenvalue weighted by molar-refractivity contribution is 0.159. The van der Waals surface area contributed by atoms with Gasteiger partial charge in [0.1, 0.15) is 30.0 Å². The van der Waals surface area contributed by atoms with Crippen LogP contribution in [-0.4, -0.2) is 50.0 Å². The molecule has 2 aromatic rings. The first-order valence-corrected chi connectivity index (χ1v) is 7.28. The van der Waals surface area contributed by atoms with E-state index in [1.54, 1.807) is 0 Å². The molecule has 0 fully saturated rings. The molecular formula is C14H28N10O. The van der Waals surface area contributed by atoms with E-state index in [9.17, 15) is 0 Å². The van der Waals surface area contributed by atoms with Crippen molar-refractivity contribution >= 4 is 11.9 Å². The third-order valence-corrected chi connectivity index (χ3v) is 2.43. The van der Waals surface area contributed by atoms with Gasteiger partial charge in [0.15, 0.2) is 0 Å². The second-order valence-electron chi connectivity index (χ2n) is 4.58. The molecule has 0 amide bonds. The molecule has 25 heavy (non-hydrogen) atoms. The predicted octanol–water partition coefficient (Wildman–Crippen LogP) is 0.243. The Hall–Kier alpha value is -2.50. The Morgan fingerprint density at radius 1 is 0.720 bits per heavy atom. The van der Waals surface area contributed by atoms with Gasteiger partial charge in [0.05, 0.1) is 13.4 Å². The van der Waals surface area contributed by atoms with Crippen molar-refractivity contribution in [3.63, 3.8) is 0 Å². The summed E-state index contributed by atoms with van der Waals surface area (Å²) in [7, 11) is 0. The zero-order chi connectivity index (χ0) is 17.9. The fraction of sp³-hybridized carbons (Fsp3) is 0.571. The summed E-state index contributed by atoms with van der Waals surface area (Å²) in [6.45, 7) is 8.07. The van der Waals surface area contributed by atoms with Gasteiger partial charge in [-0.15, -0.1) is 0 Å². The van der Waals surface area contributed by atoms with Crippen LogP contribution in [-0.2, 0) is 4.74 Å². The molecular weight excluding hydrogens is 324 g/mol. The molecule has 0 aromatic carbocycles. The smallest absolute Gasteiger partial charge is 0.227 e. The predicted molar refractivity (Wildman–Crippen MR) is 96.6 cm³/mol. The van der Waals surface area contributed by atoms with Gasteiger partial charge in [0, 0.05) is 0 Å². The van der Waals surface area contributed by atoms with Crippen molar-refractivity contribution in [3.05, 3.63) is 23.3 Å². The van der Waals surface area contributed by atoms with Crippen LogP contribution in [0.2, 0.25) is 0 Å². The first-order valence-electron chi connectivity index (χ1n) is 7.28. The lowest BCUT2D eigenvalue weighted by atomic mass is 10.6. The molecule has 0 aliphatic heterocycles. The molecule has 2 rings (SSSR count). The Bertz CT molecular complexity index is 597.